The Bertz CT molecular complexity index is 952. The van der Waals surface area contributed by atoms with E-state index in [1.165, 1.54) is 11.8 Å². The topological polar surface area (TPSA) is 59.0 Å². The molecule has 0 radical (unpaired) electrons. The van der Waals surface area contributed by atoms with Gasteiger partial charge in [0.05, 0.1) is 12.8 Å². The van der Waals surface area contributed by atoms with Crippen molar-refractivity contribution in [2.24, 2.45) is 4.99 Å². The lowest BCUT2D eigenvalue weighted by Gasteiger charge is -2.29. The fraction of sp³-hybridized carbons (Fsp3) is 0.167. The Morgan fingerprint density at radius 2 is 1.84 bits per heavy atom. The summed E-state index contributed by atoms with van der Waals surface area (Å²) in [6, 6.07) is 16.8. The average molecular weight is 372 g/mol. The van der Waals surface area contributed by atoms with Crippen LogP contribution in [-0.2, 0) is 9.84 Å². The van der Waals surface area contributed by atoms with Crippen molar-refractivity contribution in [3.63, 3.8) is 0 Å². The third-order valence-corrected chi connectivity index (χ3v) is 6.70. The van der Waals surface area contributed by atoms with Gasteiger partial charge in [0.1, 0.15) is 11.6 Å². The summed E-state index contributed by atoms with van der Waals surface area (Å²) in [5.74, 6) is 0.616. The second kappa shape index (κ2) is 6.24. The first-order valence-corrected chi connectivity index (χ1v) is 10.3. The fourth-order valence-electron chi connectivity index (χ4n) is 2.88. The Kier molecular flexibility index (Phi) is 4.05. The highest BCUT2D eigenvalue weighted by atomic mass is 32.2. The van der Waals surface area contributed by atoms with Gasteiger partial charge in [0.2, 0.25) is 0 Å². The van der Waals surface area contributed by atoms with E-state index in [4.69, 9.17) is 4.74 Å². The summed E-state index contributed by atoms with van der Waals surface area (Å²) >= 11 is 1.46. The summed E-state index contributed by atoms with van der Waals surface area (Å²) in [4.78, 5) is 6.30. The van der Waals surface area contributed by atoms with Gasteiger partial charge in [-0.25, -0.2) is 13.4 Å². The second-order valence-electron chi connectivity index (χ2n) is 5.74. The van der Waals surface area contributed by atoms with Crippen LogP contribution in [0.1, 0.15) is 16.5 Å². The Hall–Kier alpha value is -2.25. The van der Waals surface area contributed by atoms with Crippen molar-refractivity contribution < 1.29 is 13.2 Å². The number of thioether (sulfide) groups is 1. The zero-order valence-electron chi connectivity index (χ0n) is 13.5. The van der Waals surface area contributed by atoms with Crippen LogP contribution in [0.2, 0.25) is 0 Å². The van der Waals surface area contributed by atoms with Crippen molar-refractivity contribution in [2.75, 3.05) is 13.0 Å². The van der Waals surface area contributed by atoms with Crippen molar-refractivity contribution in [1.82, 2.24) is 4.90 Å². The number of aliphatic imine (C=N–C) groups is 1. The summed E-state index contributed by atoms with van der Waals surface area (Å²) in [5.41, 5.74) is 2.51. The number of nitrogens with zero attached hydrogens (tertiary/aromatic N) is 2. The van der Waals surface area contributed by atoms with Gasteiger partial charge in [0.25, 0.3) is 0 Å². The third kappa shape index (κ3) is 2.94. The lowest BCUT2D eigenvalue weighted by atomic mass is 10.1. The van der Waals surface area contributed by atoms with E-state index >= 15 is 0 Å². The molecule has 0 spiro atoms. The van der Waals surface area contributed by atoms with Crippen LogP contribution in [0.3, 0.4) is 0 Å². The number of ether oxygens (including phenoxy) is 1. The van der Waals surface area contributed by atoms with Crippen molar-refractivity contribution in [3.8, 4) is 5.75 Å². The smallest absolute Gasteiger partial charge is 0.196 e. The van der Waals surface area contributed by atoms with E-state index in [1.54, 1.807) is 36.3 Å². The lowest BCUT2D eigenvalue weighted by molar-refractivity contribution is 0.414. The van der Waals surface area contributed by atoms with Crippen LogP contribution in [0.5, 0.6) is 5.75 Å². The molecule has 1 atom stereocenters. The Morgan fingerprint density at radius 3 is 2.52 bits per heavy atom. The number of hydrogen-bond donors (Lipinski definition) is 0. The van der Waals surface area contributed by atoms with Gasteiger partial charge in [-0.05, 0) is 23.3 Å². The molecule has 2 aliphatic rings. The molecular weight excluding hydrogens is 356 g/mol. The second-order valence-corrected chi connectivity index (χ2v) is 8.61. The Morgan fingerprint density at radius 1 is 1.12 bits per heavy atom. The maximum atomic E-state index is 12.8. The molecule has 0 saturated carbocycles. The van der Waals surface area contributed by atoms with Crippen LogP contribution < -0.4 is 4.74 Å². The molecule has 0 N–H and O–H groups in total. The minimum absolute atomic E-state index is 0.0732. The predicted octanol–water partition coefficient (Wildman–Crippen LogP) is 3.48. The minimum Gasteiger partial charge on any atom is -0.497 e. The van der Waals surface area contributed by atoms with Crippen LogP contribution in [0, 0.1) is 0 Å². The highest BCUT2D eigenvalue weighted by molar-refractivity contribution is 8.17. The molecule has 0 aromatic heterocycles. The first kappa shape index (κ1) is 16.2. The summed E-state index contributed by atoms with van der Waals surface area (Å²) in [6.07, 6.45) is 0. The molecule has 1 unspecified atom stereocenters. The monoisotopic (exact) mass is 372 g/mol. The fourth-order valence-corrected chi connectivity index (χ4v) is 5.56. The number of amidine groups is 1. The molecule has 0 fully saturated rings. The molecule has 2 heterocycles. The highest BCUT2D eigenvalue weighted by Gasteiger charge is 2.39. The molecule has 5 nitrogen and oxygen atoms in total. The molecule has 2 aromatic rings. The number of rotatable bonds is 3. The molecule has 2 aromatic carbocycles. The molecule has 128 valence electrons. The minimum atomic E-state index is -3.45. The molecule has 0 amide bonds. The van der Waals surface area contributed by atoms with Gasteiger partial charge in [-0.1, -0.05) is 54.2 Å². The molecule has 7 heteroatoms. The zero-order valence-corrected chi connectivity index (χ0v) is 15.1. The number of hydrogen-bond acceptors (Lipinski definition) is 6. The van der Waals surface area contributed by atoms with Gasteiger partial charge in [0, 0.05) is 5.41 Å². The standard InChI is InChI=1S/C18H16N2O3S2/c1-23-15-9-7-14(8-10-15)17-19-18-20(12-25(17,21)22)16(11-24-18)13-5-3-2-4-6-13/h2-11,17H,12H2,1H3. The van der Waals surface area contributed by atoms with Crippen LogP contribution >= 0.6 is 11.8 Å². The number of methoxy groups -OCH3 is 1. The normalized spacial score (nSPS) is 21.3. The average Bonchev–Trinajstić information content (AvgIpc) is 3.03. The van der Waals surface area contributed by atoms with Crippen LogP contribution in [0.15, 0.2) is 65.0 Å². The van der Waals surface area contributed by atoms with E-state index < -0.39 is 15.2 Å². The maximum absolute atomic E-state index is 12.8. The molecular formula is C18H16N2O3S2. The van der Waals surface area contributed by atoms with E-state index in [9.17, 15) is 8.42 Å². The third-order valence-electron chi connectivity index (χ3n) is 4.15. The van der Waals surface area contributed by atoms with Gasteiger partial charge >= 0.3 is 0 Å². The Labute approximate surface area is 150 Å². The zero-order chi connectivity index (χ0) is 17.4. The molecule has 0 saturated heterocycles. The largest absolute Gasteiger partial charge is 0.497 e. The Balaban J connectivity index is 1.69. The molecule has 4 rings (SSSR count). The van der Waals surface area contributed by atoms with Gasteiger partial charge in [0.15, 0.2) is 20.4 Å². The maximum Gasteiger partial charge on any atom is 0.196 e. The van der Waals surface area contributed by atoms with Gasteiger partial charge < -0.3 is 9.64 Å². The molecule has 2 aliphatic heterocycles. The summed E-state index contributed by atoms with van der Waals surface area (Å²) < 4.78 is 30.8. The first-order chi connectivity index (χ1) is 12.1. The summed E-state index contributed by atoms with van der Waals surface area (Å²) in [7, 11) is -1.87. The van der Waals surface area contributed by atoms with E-state index in [0.717, 1.165) is 16.4 Å². The summed E-state index contributed by atoms with van der Waals surface area (Å²) in [6.45, 7) is 0. The van der Waals surface area contributed by atoms with Gasteiger partial charge in [-0.3, -0.25) is 0 Å². The van der Waals surface area contributed by atoms with E-state index in [-0.39, 0.29) is 5.88 Å². The van der Waals surface area contributed by atoms with E-state index in [0.29, 0.717) is 11.3 Å². The van der Waals surface area contributed by atoms with Crippen LogP contribution in [0.4, 0.5) is 0 Å². The van der Waals surface area contributed by atoms with Crippen molar-refractivity contribution in [3.05, 3.63) is 71.1 Å². The van der Waals surface area contributed by atoms with E-state index in [1.807, 2.05) is 35.7 Å². The molecule has 25 heavy (non-hydrogen) atoms. The number of benzene rings is 2. The first-order valence-electron chi connectivity index (χ1n) is 7.71. The van der Waals surface area contributed by atoms with Crippen molar-refractivity contribution in [1.29, 1.82) is 0 Å². The quantitative estimate of drug-likeness (QED) is 0.825. The SMILES string of the molecule is COc1ccc(C2N=C3SC=C(c4ccccc4)N3CS2(=O)=O)cc1. The summed E-state index contributed by atoms with van der Waals surface area (Å²) in [5, 5.41) is 1.80. The number of fused-ring (bicyclic) bond motifs is 1. The van der Waals surface area contributed by atoms with Crippen LogP contribution in [0.25, 0.3) is 5.70 Å². The lowest BCUT2D eigenvalue weighted by Crippen LogP contribution is -2.37. The molecule has 0 bridgehead atoms. The molecule has 0 aliphatic carbocycles. The predicted molar refractivity (Wildman–Crippen MR) is 101 cm³/mol. The van der Waals surface area contributed by atoms with Crippen molar-refractivity contribution in [2.45, 2.75) is 5.37 Å². The highest BCUT2D eigenvalue weighted by Crippen LogP contribution is 2.40. The van der Waals surface area contributed by atoms with Gasteiger partial charge in [-0.2, -0.15) is 0 Å². The number of sulfone groups is 1. The van der Waals surface area contributed by atoms with Crippen LogP contribution in [-0.4, -0.2) is 31.5 Å². The van der Waals surface area contributed by atoms with Crippen molar-refractivity contribution >= 4 is 32.5 Å². The van der Waals surface area contributed by atoms with E-state index in [2.05, 4.69) is 4.99 Å². The van der Waals surface area contributed by atoms with Gasteiger partial charge in [-0.15, -0.1) is 0 Å².